The number of rotatable bonds is 2. The van der Waals surface area contributed by atoms with Gasteiger partial charge in [0.25, 0.3) is 0 Å². The molecule has 0 atom stereocenters. The molecule has 0 aliphatic rings. The highest BCUT2D eigenvalue weighted by Gasteiger charge is 2.03. The lowest BCUT2D eigenvalue weighted by atomic mass is 10.3. The van der Waals surface area contributed by atoms with Crippen molar-refractivity contribution >= 4 is 52.5 Å². The summed E-state index contributed by atoms with van der Waals surface area (Å²) in [5.41, 5.74) is 18.4. The van der Waals surface area contributed by atoms with Gasteiger partial charge < -0.3 is 17.2 Å². The van der Waals surface area contributed by atoms with E-state index in [0.717, 1.165) is 12.5 Å². The number of nitrogens with two attached hydrogens (primary N) is 3. The molecule has 0 amide bonds. The fourth-order valence-electron chi connectivity index (χ4n) is 1.30. The van der Waals surface area contributed by atoms with Gasteiger partial charge >= 0.3 is 0 Å². The summed E-state index contributed by atoms with van der Waals surface area (Å²) in [5, 5.41) is 0. The third kappa shape index (κ3) is 13.9. The Morgan fingerprint density at radius 1 is 0.760 bits per heavy atom. The Labute approximate surface area is 152 Å². The van der Waals surface area contributed by atoms with Gasteiger partial charge in [-0.1, -0.05) is 24.3 Å². The predicted octanol–water partition coefficient (Wildman–Crippen LogP) is 1.68. The van der Waals surface area contributed by atoms with Gasteiger partial charge in [0.15, 0.2) is 0 Å². The number of para-hydroxylation sites is 4. The zero-order chi connectivity index (χ0) is 19.7. The van der Waals surface area contributed by atoms with Crippen LogP contribution in [-0.2, 0) is 19.1 Å². The van der Waals surface area contributed by atoms with E-state index < -0.39 is 19.1 Å². The van der Waals surface area contributed by atoms with Gasteiger partial charge in [-0.15, -0.1) is 0 Å². The topological polar surface area (TPSA) is 158 Å². The monoisotopic (exact) mass is 408 g/mol. The van der Waals surface area contributed by atoms with E-state index in [1.165, 1.54) is 0 Å². The van der Waals surface area contributed by atoms with E-state index in [-0.39, 0.29) is 0 Å². The van der Waals surface area contributed by atoms with Crippen LogP contribution in [0.25, 0.3) is 0 Å². The molecule has 8 nitrogen and oxygen atoms in total. The van der Waals surface area contributed by atoms with E-state index in [0.29, 0.717) is 22.7 Å². The van der Waals surface area contributed by atoms with Crippen LogP contribution in [0.1, 0.15) is 0 Å². The Kier molecular flexibility index (Phi) is 9.10. The second kappa shape index (κ2) is 9.97. The van der Waals surface area contributed by atoms with Crippen LogP contribution < -0.4 is 21.9 Å². The standard InChI is InChI=1S/C7H10N2O2S.C6H8N2.CH3ClO2S/c1-12(10,11)9-7-5-3-2-4-6(7)8;7-5-3-1-2-4-6(5)8;1-5(2,3)4/h2-5,9H,8H2,1H3;1-4H,7-8H2;1H3. The highest BCUT2D eigenvalue weighted by molar-refractivity contribution is 8.13. The van der Waals surface area contributed by atoms with Gasteiger partial charge in [-0.05, 0) is 24.3 Å². The van der Waals surface area contributed by atoms with Crippen molar-refractivity contribution in [3.8, 4) is 0 Å². The molecule has 11 heteroatoms. The maximum Gasteiger partial charge on any atom is 0.229 e. The number of hydrogen-bond donors (Lipinski definition) is 4. The highest BCUT2D eigenvalue weighted by atomic mass is 35.7. The number of nitrogens with one attached hydrogen (secondary N) is 1. The smallest absolute Gasteiger partial charge is 0.229 e. The van der Waals surface area contributed by atoms with Gasteiger partial charge in [-0.25, -0.2) is 16.8 Å². The summed E-state index contributed by atoms with van der Waals surface area (Å²) in [6, 6.07) is 13.9. The third-order valence-corrected chi connectivity index (χ3v) is 2.84. The first kappa shape index (κ1) is 22.8. The lowest BCUT2D eigenvalue weighted by molar-refractivity contribution is 0.606. The van der Waals surface area contributed by atoms with Crippen molar-refractivity contribution in [3.05, 3.63) is 48.5 Å². The summed E-state index contributed by atoms with van der Waals surface area (Å²) < 4.78 is 42.7. The molecule has 0 bridgehead atoms. The molecule has 0 saturated carbocycles. The molecule has 25 heavy (non-hydrogen) atoms. The second-order valence-electron chi connectivity index (χ2n) is 4.77. The van der Waals surface area contributed by atoms with Crippen molar-refractivity contribution in [1.29, 1.82) is 0 Å². The van der Waals surface area contributed by atoms with E-state index in [9.17, 15) is 16.8 Å². The minimum atomic E-state index is -3.23. The van der Waals surface area contributed by atoms with E-state index >= 15 is 0 Å². The van der Waals surface area contributed by atoms with E-state index in [2.05, 4.69) is 15.4 Å². The van der Waals surface area contributed by atoms with Crippen molar-refractivity contribution < 1.29 is 16.8 Å². The molecule has 140 valence electrons. The zero-order valence-corrected chi connectivity index (χ0v) is 16.1. The molecule has 2 rings (SSSR count). The van der Waals surface area contributed by atoms with E-state index in [1.807, 2.05) is 12.1 Å². The quantitative estimate of drug-likeness (QED) is 0.434. The highest BCUT2D eigenvalue weighted by Crippen LogP contribution is 2.17. The van der Waals surface area contributed by atoms with Crippen molar-refractivity contribution in [3.63, 3.8) is 0 Å². The van der Waals surface area contributed by atoms with Crippen LogP contribution in [0.5, 0.6) is 0 Å². The fourth-order valence-corrected chi connectivity index (χ4v) is 1.89. The first-order valence-electron chi connectivity index (χ1n) is 6.61. The molecule has 0 radical (unpaired) electrons. The van der Waals surface area contributed by atoms with Crippen LogP contribution in [0, 0.1) is 0 Å². The average molecular weight is 409 g/mol. The summed E-state index contributed by atoms with van der Waals surface area (Å²) in [4.78, 5) is 0. The molecule has 0 spiro atoms. The molecule has 2 aromatic rings. The van der Waals surface area contributed by atoms with Crippen LogP contribution in [-0.4, -0.2) is 29.3 Å². The lowest BCUT2D eigenvalue weighted by Crippen LogP contribution is -2.10. The van der Waals surface area contributed by atoms with Crippen LogP contribution in [0.2, 0.25) is 0 Å². The average Bonchev–Trinajstić information content (AvgIpc) is 2.42. The summed E-state index contributed by atoms with van der Waals surface area (Å²) in [6.45, 7) is 0. The number of halogens is 1. The molecule has 0 aromatic heterocycles. The summed E-state index contributed by atoms with van der Waals surface area (Å²) in [5.74, 6) is 0. The molecular formula is C14H21ClN4O4S2. The number of hydrogen-bond acceptors (Lipinski definition) is 7. The van der Waals surface area contributed by atoms with Crippen LogP contribution >= 0.6 is 10.7 Å². The summed E-state index contributed by atoms with van der Waals surface area (Å²) in [7, 11) is -1.92. The summed E-state index contributed by atoms with van der Waals surface area (Å²) >= 11 is 0. The fraction of sp³-hybridized carbons (Fsp3) is 0.143. The molecule has 0 saturated heterocycles. The lowest BCUT2D eigenvalue weighted by Gasteiger charge is -2.05. The Morgan fingerprint density at radius 2 is 1.08 bits per heavy atom. The molecule has 0 aliphatic heterocycles. The Morgan fingerprint density at radius 3 is 1.36 bits per heavy atom. The largest absolute Gasteiger partial charge is 0.397 e. The number of benzene rings is 2. The predicted molar refractivity (Wildman–Crippen MR) is 105 cm³/mol. The van der Waals surface area contributed by atoms with E-state index in [4.69, 9.17) is 17.2 Å². The van der Waals surface area contributed by atoms with E-state index in [1.54, 1.807) is 36.4 Å². The van der Waals surface area contributed by atoms with Crippen molar-refractivity contribution in [2.24, 2.45) is 0 Å². The molecule has 2 aromatic carbocycles. The first-order chi connectivity index (χ1) is 11.3. The number of anilines is 4. The first-order valence-corrected chi connectivity index (χ1v) is 11.2. The Balaban J connectivity index is 0.000000382. The summed E-state index contributed by atoms with van der Waals surface area (Å²) in [6.07, 6.45) is 2.01. The number of nitrogen functional groups attached to an aromatic ring is 3. The van der Waals surface area contributed by atoms with Gasteiger partial charge in [0.05, 0.1) is 35.3 Å². The number of sulfonamides is 1. The Bertz CT molecular complexity index is 858. The van der Waals surface area contributed by atoms with Crippen LogP contribution in [0.3, 0.4) is 0 Å². The maximum absolute atomic E-state index is 10.8. The van der Waals surface area contributed by atoms with Gasteiger partial charge in [-0.3, -0.25) is 4.72 Å². The van der Waals surface area contributed by atoms with Crippen LogP contribution in [0.15, 0.2) is 48.5 Å². The maximum atomic E-state index is 10.8. The van der Waals surface area contributed by atoms with Gasteiger partial charge in [0, 0.05) is 10.7 Å². The molecule has 0 aliphatic carbocycles. The van der Waals surface area contributed by atoms with Crippen molar-refractivity contribution in [1.82, 2.24) is 0 Å². The molecule has 0 heterocycles. The minimum Gasteiger partial charge on any atom is -0.397 e. The molecule has 0 unspecified atom stereocenters. The molecular weight excluding hydrogens is 388 g/mol. The van der Waals surface area contributed by atoms with Gasteiger partial charge in [0.1, 0.15) is 0 Å². The molecule has 7 N–H and O–H groups in total. The SMILES string of the molecule is CS(=O)(=O)Cl.CS(=O)(=O)Nc1ccccc1N.Nc1ccccc1N. The van der Waals surface area contributed by atoms with Gasteiger partial charge in [0.2, 0.25) is 19.1 Å². The van der Waals surface area contributed by atoms with Crippen molar-refractivity contribution in [2.45, 2.75) is 0 Å². The normalized spacial score (nSPS) is 10.5. The minimum absolute atomic E-state index is 0.417. The zero-order valence-electron chi connectivity index (χ0n) is 13.7. The van der Waals surface area contributed by atoms with Crippen LogP contribution in [0.4, 0.5) is 22.7 Å². The molecule has 0 fully saturated rings. The van der Waals surface area contributed by atoms with Crippen molar-refractivity contribution in [2.75, 3.05) is 34.4 Å². The third-order valence-electron chi connectivity index (χ3n) is 2.25. The Hall–Kier alpha value is -2.17. The second-order valence-corrected chi connectivity index (χ2v) is 9.57. The van der Waals surface area contributed by atoms with Gasteiger partial charge in [-0.2, -0.15) is 0 Å².